The van der Waals surface area contributed by atoms with Gasteiger partial charge in [-0.15, -0.1) is 0 Å². The molecule has 1 saturated carbocycles. The number of nitrogens with one attached hydrogen (secondary N) is 3. The first-order valence-electron chi connectivity index (χ1n) is 11.7. The van der Waals surface area contributed by atoms with E-state index < -0.39 is 0 Å². The first-order valence-corrected chi connectivity index (χ1v) is 11.7. The second-order valence-electron chi connectivity index (χ2n) is 9.04. The van der Waals surface area contributed by atoms with Crippen molar-refractivity contribution in [3.8, 4) is 22.5 Å². The van der Waals surface area contributed by atoms with Crippen LogP contribution in [0.4, 0.5) is 10.5 Å². The molecule has 1 atom stereocenters. The van der Waals surface area contributed by atoms with E-state index in [1.807, 2.05) is 53.4 Å². The van der Waals surface area contributed by atoms with Gasteiger partial charge in [-0.1, -0.05) is 36.4 Å². The van der Waals surface area contributed by atoms with Gasteiger partial charge in [0.05, 0.1) is 0 Å². The molecule has 1 saturated heterocycles. The SMILES string of the molecule is CNC(=O)Nc1cccc(-c2ccc(-c3n[nH]c(=O)n3C[C@@H]3CCN(C(=O)C4CC4)C3)cc2)c1. The summed E-state index contributed by atoms with van der Waals surface area (Å²) in [6.45, 7) is 2.00. The molecule has 3 amide bonds. The van der Waals surface area contributed by atoms with Gasteiger partial charge in [-0.05, 0) is 48.4 Å². The Morgan fingerprint density at radius 3 is 2.56 bits per heavy atom. The van der Waals surface area contributed by atoms with Gasteiger partial charge >= 0.3 is 11.7 Å². The Balaban J connectivity index is 1.31. The van der Waals surface area contributed by atoms with Crippen LogP contribution in [0.1, 0.15) is 19.3 Å². The van der Waals surface area contributed by atoms with Gasteiger partial charge in [0.15, 0.2) is 5.82 Å². The molecule has 0 radical (unpaired) electrons. The lowest BCUT2D eigenvalue weighted by Gasteiger charge is -2.16. The highest BCUT2D eigenvalue weighted by molar-refractivity contribution is 5.90. The fraction of sp³-hybridized carbons (Fsp3) is 0.360. The number of carbonyl (C=O) groups is 2. The van der Waals surface area contributed by atoms with Crippen LogP contribution in [-0.4, -0.2) is 51.7 Å². The molecule has 2 aromatic carbocycles. The van der Waals surface area contributed by atoms with Crippen molar-refractivity contribution in [3.63, 3.8) is 0 Å². The summed E-state index contributed by atoms with van der Waals surface area (Å²) in [7, 11) is 1.57. The van der Waals surface area contributed by atoms with Crippen molar-refractivity contribution >= 4 is 17.6 Å². The Labute approximate surface area is 197 Å². The first-order chi connectivity index (χ1) is 16.5. The van der Waals surface area contributed by atoms with Crippen molar-refractivity contribution in [3.05, 3.63) is 59.0 Å². The Kier molecular flexibility index (Phi) is 5.91. The quantitative estimate of drug-likeness (QED) is 0.525. The average Bonchev–Trinajstić information content (AvgIpc) is 3.50. The van der Waals surface area contributed by atoms with Crippen LogP contribution in [0.2, 0.25) is 0 Å². The molecule has 1 aromatic heterocycles. The number of hydrogen-bond acceptors (Lipinski definition) is 4. The summed E-state index contributed by atoms with van der Waals surface area (Å²) in [4.78, 5) is 38.4. The van der Waals surface area contributed by atoms with Gasteiger partial charge in [-0.2, -0.15) is 5.10 Å². The van der Waals surface area contributed by atoms with Crippen molar-refractivity contribution in [1.82, 2.24) is 25.0 Å². The van der Waals surface area contributed by atoms with E-state index >= 15 is 0 Å². The van der Waals surface area contributed by atoms with Crippen LogP contribution >= 0.6 is 0 Å². The first kappa shape index (κ1) is 21.9. The van der Waals surface area contributed by atoms with Crippen molar-refractivity contribution in [1.29, 1.82) is 0 Å². The zero-order valence-corrected chi connectivity index (χ0v) is 19.1. The maximum absolute atomic E-state index is 12.5. The van der Waals surface area contributed by atoms with Crippen LogP contribution in [-0.2, 0) is 11.3 Å². The molecule has 1 aliphatic heterocycles. The molecule has 2 fully saturated rings. The predicted octanol–water partition coefficient (Wildman–Crippen LogP) is 2.92. The van der Waals surface area contributed by atoms with Crippen molar-refractivity contribution < 1.29 is 9.59 Å². The summed E-state index contributed by atoms with van der Waals surface area (Å²) < 4.78 is 1.68. The van der Waals surface area contributed by atoms with Gasteiger partial charge in [0.25, 0.3) is 0 Å². The fourth-order valence-electron chi connectivity index (χ4n) is 4.52. The fourth-order valence-corrected chi connectivity index (χ4v) is 4.52. The molecule has 176 valence electrons. The smallest absolute Gasteiger partial charge is 0.342 e. The van der Waals surface area contributed by atoms with Crippen LogP contribution < -0.4 is 16.3 Å². The number of urea groups is 1. The molecule has 9 heteroatoms. The number of benzene rings is 2. The second kappa shape index (κ2) is 9.17. The zero-order chi connectivity index (χ0) is 23.7. The lowest BCUT2D eigenvalue weighted by molar-refractivity contribution is -0.131. The van der Waals surface area contributed by atoms with E-state index in [1.54, 1.807) is 11.6 Å². The van der Waals surface area contributed by atoms with Crippen LogP contribution in [0.5, 0.6) is 0 Å². The minimum absolute atomic E-state index is 0.227. The van der Waals surface area contributed by atoms with Gasteiger partial charge < -0.3 is 15.5 Å². The Bertz CT molecular complexity index is 1260. The highest BCUT2D eigenvalue weighted by atomic mass is 16.2. The second-order valence-corrected chi connectivity index (χ2v) is 9.04. The largest absolute Gasteiger partial charge is 0.343 e. The van der Waals surface area contributed by atoms with Crippen LogP contribution in [0.25, 0.3) is 22.5 Å². The van der Waals surface area contributed by atoms with E-state index in [1.165, 1.54) is 0 Å². The number of H-pyrrole nitrogens is 1. The number of likely N-dealkylation sites (tertiary alicyclic amines) is 1. The number of rotatable bonds is 6. The van der Waals surface area contributed by atoms with Crippen molar-refractivity contribution in [2.24, 2.45) is 11.8 Å². The number of amides is 3. The maximum Gasteiger partial charge on any atom is 0.343 e. The molecule has 2 aliphatic rings. The number of anilines is 1. The summed E-state index contributed by atoms with van der Waals surface area (Å²) >= 11 is 0. The molecule has 9 nitrogen and oxygen atoms in total. The Morgan fingerprint density at radius 1 is 1.06 bits per heavy atom. The molecule has 0 unspecified atom stereocenters. The van der Waals surface area contributed by atoms with E-state index in [0.717, 1.165) is 42.5 Å². The monoisotopic (exact) mass is 460 g/mol. The van der Waals surface area contributed by atoms with Crippen LogP contribution in [0.3, 0.4) is 0 Å². The normalized spacial score (nSPS) is 17.6. The van der Waals surface area contributed by atoms with Crippen LogP contribution in [0.15, 0.2) is 53.3 Å². The van der Waals surface area contributed by atoms with E-state index in [9.17, 15) is 14.4 Å². The van der Waals surface area contributed by atoms with E-state index in [4.69, 9.17) is 0 Å². The summed E-state index contributed by atoms with van der Waals surface area (Å²) in [6, 6.07) is 15.2. The number of nitrogens with zero attached hydrogens (tertiary/aromatic N) is 3. The third kappa shape index (κ3) is 4.59. The topological polar surface area (TPSA) is 112 Å². The molecule has 0 bridgehead atoms. The summed E-state index contributed by atoms with van der Waals surface area (Å²) in [5, 5.41) is 12.2. The number of aromatic amines is 1. The number of hydrogen-bond donors (Lipinski definition) is 3. The molecule has 0 spiro atoms. The molecular weight excluding hydrogens is 432 g/mol. The van der Waals surface area contributed by atoms with Gasteiger partial charge in [0, 0.05) is 43.9 Å². The average molecular weight is 461 g/mol. The van der Waals surface area contributed by atoms with Gasteiger partial charge in [0.2, 0.25) is 5.91 Å². The van der Waals surface area contributed by atoms with E-state index in [0.29, 0.717) is 24.6 Å². The van der Waals surface area contributed by atoms with E-state index in [-0.39, 0.29) is 29.5 Å². The third-order valence-corrected chi connectivity index (χ3v) is 6.55. The number of aromatic nitrogens is 3. The van der Waals surface area contributed by atoms with Gasteiger partial charge in [0.1, 0.15) is 0 Å². The molecule has 34 heavy (non-hydrogen) atoms. The van der Waals surface area contributed by atoms with Crippen LogP contribution in [0, 0.1) is 11.8 Å². The Morgan fingerprint density at radius 2 is 1.82 bits per heavy atom. The standard InChI is InChI=1S/C25H28N6O3/c1-26-24(33)27-21-4-2-3-20(13-21)17-5-7-18(8-6-17)22-28-29-25(34)31(22)15-16-11-12-30(14-16)23(32)19-9-10-19/h2-8,13,16,19H,9-12,14-15H2,1H3,(H,29,34)(H2,26,27,33)/t16-/m1/s1. The molecule has 3 N–H and O–H groups in total. The number of carbonyl (C=O) groups excluding carboxylic acids is 2. The highest BCUT2D eigenvalue weighted by Gasteiger charge is 2.36. The van der Waals surface area contributed by atoms with Gasteiger partial charge in [-0.25, -0.2) is 14.7 Å². The zero-order valence-electron chi connectivity index (χ0n) is 19.1. The summed E-state index contributed by atoms with van der Waals surface area (Å²) in [5.74, 6) is 1.34. The van der Waals surface area contributed by atoms with Crippen molar-refractivity contribution in [2.75, 3.05) is 25.5 Å². The maximum atomic E-state index is 12.5. The summed E-state index contributed by atoms with van der Waals surface area (Å²) in [5.41, 5.74) is 3.25. The molecule has 2 heterocycles. The molecule has 1 aliphatic carbocycles. The van der Waals surface area contributed by atoms with Gasteiger partial charge in [-0.3, -0.25) is 9.36 Å². The Hall–Kier alpha value is -3.88. The molecule has 3 aromatic rings. The molecular formula is C25H28N6O3. The highest BCUT2D eigenvalue weighted by Crippen LogP contribution is 2.33. The minimum Gasteiger partial charge on any atom is -0.342 e. The lowest BCUT2D eigenvalue weighted by Crippen LogP contribution is -2.31. The predicted molar refractivity (Wildman–Crippen MR) is 129 cm³/mol. The minimum atomic E-state index is -0.272. The van der Waals surface area contributed by atoms with Crippen molar-refractivity contribution in [2.45, 2.75) is 25.8 Å². The lowest BCUT2D eigenvalue weighted by atomic mass is 10.0. The third-order valence-electron chi connectivity index (χ3n) is 6.55. The molecule has 5 rings (SSSR count). The summed E-state index contributed by atoms with van der Waals surface area (Å²) in [6.07, 6.45) is 2.92. The van der Waals surface area contributed by atoms with E-state index in [2.05, 4.69) is 20.8 Å².